The number of nitriles is 1. The summed E-state index contributed by atoms with van der Waals surface area (Å²) in [6.07, 6.45) is 0.255. The first-order valence-corrected chi connectivity index (χ1v) is 7.63. The van der Waals surface area contributed by atoms with Crippen LogP contribution in [0.25, 0.3) is 22.0 Å². The fourth-order valence-corrected chi connectivity index (χ4v) is 2.63. The molecule has 1 aromatic heterocycles. The smallest absolute Gasteiger partial charge is 0.267 e. The van der Waals surface area contributed by atoms with E-state index in [0.29, 0.717) is 11.9 Å². The molecule has 0 saturated heterocycles. The van der Waals surface area contributed by atoms with Crippen LogP contribution in [-0.4, -0.2) is 9.78 Å². The normalized spacial score (nSPS) is 10.5. The number of rotatable bonds is 3. The van der Waals surface area contributed by atoms with Crippen LogP contribution in [0.4, 0.5) is 0 Å². The molecule has 1 heterocycles. The number of nitrogens with zero attached hydrogens (tertiary/aromatic N) is 3. The van der Waals surface area contributed by atoms with E-state index in [0.717, 1.165) is 21.1 Å². The Hall–Kier alpha value is -2.45. The van der Waals surface area contributed by atoms with Crippen molar-refractivity contribution in [1.29, 1.82) is 5.26 Å². The van der Waals surface area contributed by atoms with Gasteiger partial charge in [0.1, 0.15) is 0 Å². The molecule has 2 aromatic carbocycles. The maximum Gasteiger partial charge on any atom is 0.274 e. The van der Waals surface area contributed by atoms with Gasteiger partial charge < -0.3 is 0 Å². The zero-order chi connectivity index (χ0) is 15.5. The second-order valence-corrected chi connectivity index (χ2v) is 5.75. The molecule has 0 N–H and O–H groups in total. The minimum Gasteiger partial charge on any atom is -0.267 e. The molecule has 0 saturated carbocycles. The SMILES string of the molecule is N#CCCn1nc(-c2ccc(Br)cc2)c2ccccc2c1=O. The van der Waals surface area contributed by atoms with E-state index in [2.05, 4.69) is 27.1 Å². The largest absolute Gasteiger partial charge is 0.274 e. The molecule has 3 rings (SSSR count). The number of aryl methyl sites for hydroxylation is 1. The summed E-state index contributed by atoms with van der Waals surface area (Å²) in [4.78, 5) is 12.5. The molecule has 0 spiro atoms. The number of hydrogen-bond acceptors (Lipinski definition) is 3. The average Bonchev–Trinajstić information content (AvgIpc) is 2.55. The summed E-state index contributed by atoms with van der Waals surface area (Å²) >= 11 is 3.42. The first kappa shape index (κ1) is 14.5. The first-order chi connectivity index (χ1) is 10.7. The first-order valence-electron chi connectivity index (χ1n) is 6.83. The second-order valence-electron chi connectivity index (χ2n) is 4.84. The van der Waals surface area contributed by atoms with E-state index in [1.165, 1.54) is 4.68 Å². The molecule has 0 bridgehead atoms. The average molecular weight is 354 g/mol. The van der Waals surface area contributed by atoms with Gasteiger partial charge in [-0.3, -0.25) is 4.79 Å². The van der Waals surface area contributed by atoms with Gasteiger partial charge in [-0.1, -0.05) is 46.3 Å². The Kier molecular flexibility index (Phi) is 4.03. The van der Waals surface area contributed by atoms with E-state index in [4.69, 9.17) is 5.26 Å². The molecule has 5 heteroatoms. The van der Waals surface area contributed by atoms with E-state index in [1.54, 1.807) is 6.07 Å². The van der Waals surface area contributed by atoms with Gasteiger partial charge in [-0.15, -0.1) is 0 Å². The Morgan fingerprint density at radius 1 is 1.09 bits per heavy atom. The number of halogens is 1. The van der Waals surface area contributed by atoms with E-state index in [9.17, 15) is 4.79 Å². The van der Waals surface area contributed by atoms with Crippen molar-refractivity contribution in [3.05, 3.63) is 63.4 Å². The molecule has 0 atom stereocenters. The van der Waals surface area contributed by atoms with Crippen molar-refractivity contribution in [1.82, 2.24) is 9.78 Å². The topological polar surface area (TPSA) is 58.7 Å². The molecule has 108 valence electrons. The standard InChI is InChI=1S/C17H12BrN3O/c18-13-8-6-12(7-9-13)16-14-4-1-2-5-15(14)17(22)21(20-16)11-3-10-19/h1-2,4-9H,3,11H2. The van der Waals surface area contributed by atoms with Crippen LogP contribution in [0.5, 0.6) is 0 Å². The van der Waals surface area contributed by atoms with Crippen molar-refractivity contribution in [2.24, 2.45) is 0 Å². The van der Waals surface area contributed by atoms with Crippen molar-refractivity contribution < 1.29 is 0 Å². The highest BCUT2D eigenvalue weighted by Gasteiger charge is 2.11. The van der Waals surface area contributed by atoms with Gasteiger partial charge in [-0.25, -0.2) is 4.68 Å². The van der Waals surface area contributed by atoms with E-state index in [-0.39, 0.29) is 12.0 Å². The summed E-state index contributed by atoms with van der Waals surface area (Å²) < 4.78 is 2.36. The molecule has 0 aliphatic heterocycles. The number of hydrogen-bond donors (Lipinski definition) is 0. The van der Waals surface area contributed by atoms with E-state index in [1.807, 2.05) is 42.5 Å². The van der Waals surface area contributed by atoms with Gasteiger partial charge in [0.05, 0.1) is 30.1 Å². The molecule has 0 aliphatic carbocycles. The van der Waals surface area contributed by atoms with Gasteiger partial charge in [0.15, 0.2) is 0 Å². The van der Waals surface area contributed by atoms with Crippen LogP contribution in [0.1, 0.15) is 6.42 Å². The molecule has 4 nitrogen and oxygen atoms in total. The third kappa shape index (κ3) is 2.66. The lowest BCUT2D eigenvalue weighted by Crippen LogP contribution is -2.23. The number of fused-ring (bicyclic) bond motifs is 1. The number of benzene rings is 2. The lowest BCUT2D eigenvalue weighted by atomic mass is 10.1. The fraction of sp³-hybridized carbons (Fsp3) is 0.118. The van der Waals surface area contributed by atoms with Crippen LogP contribution < -0.4 is 5.56 Å². The van der Waals surface area contributed by atoms with E-state index >= 15 is 0 Å². The quantitative estimate of drug-likeness (QED) is 0.720. The van der Waals surface area contributed by atoms with E-state index < -0.39 is 0 Å². The highest BCUT2D eigenvalue weighted by molar-refractivity contribution is 9.10. The molecule has 22 heavy (non-hydrogen) atoms. The molecule has 0 unspecified atom stereocenters. The van der Waals surface area contributed by atoms with Crippen LogP contribution in [0.3, 0.4) is 0 Å². The third-order valence-electron chi connectivity index (χ3n) is 3.42. The molecule has 0 amide bonds. The molecule has 0 fully saturated rings. The minimum atomic E-state index is -0.160. The number of aromatic nitrogens is 2. The fourth-order valence-electron chi connectivity index (χ4n) is 2.36. The Labute approximate surface area is 135 Å². The zero-order valence-corrected chi connectivity index (χ0v) is 13.2. The predicted molar refractivity (Wildman–Crippen MR) is 89.4 cm³/mol. The van der Waals surface area contributed by atoms with Crippen LogP contribution >= 0.6 is 15.9 Å². The summed E-state index contributed by atoms with van der Waals surface area (Å²) in [5.74, 6) is 0. The van der Waals surface area contributed by atoms with Gasteiger partial charge >= 0.3 is 0 Å². The second kappa shape index (κ2) is 6.12. The summed E-state index contributed by atoms with van der Waals surface area (Å²) in [6, 6.07) is 17.3. The Morgan fingerprint density at radius 3 is 2.45 bits per heavy atom. The maximum absolute atomic E-state index is 12.5. The van der Waals surface area contributed by atoms with Gasteiger partial charge in [-0.2, -0.15) is 10.4 Å². The highest BCUT2D eigenvalue weighted by atomic mass is 79.9. The molecule has 0 aliphatic rings. The minimum absolute atomic E-state index is 0.160. The van der Waals surface area contributed by atoms with Crippen molar-refractivity contribution in [2.75, 3.05) is 0 Å². The summed E-state index contributed by atoms with van der Waals surface area (Å²) in [5.41, 5.74) is 1.53. The Bertz CT molecular complexity index is 923. The highest BCUT2D eigenvalue weighted by Crippen LogP contribution is 2.25. The van der Waals surface area contributed by atoms with Gasteiger partial charge in [0.25, 0.3) is 5.56 Å². The van der Waals surface area contributed by atoms with Crippen molar-refractivity contribution in [2.45, 2.75) is 13.0 Å². The molecular formula is C17H12BrN3O. The van der Waals surface area contributed by atoms with Crippen molar-refractivity contribution in [3.63, 3.8) is 0 Å². The molecule has 3 aromatic rings. The Morgan fingerprint density at radius 2 is 1.77 bits per heavy atom. The lowest BCUT2D eigenvalue weighted by molar-refractivity contribution is 0.598. The van der Waals surface area contributed by atoms with Crippen LogP contribution in [0, 0.1) is 11.3 Å². The van der Waals surface area contributed by atoms with Gasteiger partial charge in [0, 0.05) is 15.4 Å². The van der Waals surface area contributed by atoms with Crippen LogP contribution in [0.2, 0.25) is 0 Å². The predicted octanol–water partition coefficient (Wildman–Crippen LogP) is 3.74. The third-order valence-corrected chi connectivity index (χ3v) is 3.95. The zero-order valence-electron chi connectivity index (χ0n) is 11.7. The van der Waals surface area contributed by atoms with Crippen LogP contribution in [-0.2, 0) is 6.54 Å². The van der Waals surface area contributed by atoms with Gasteiger partial charge in [-0.05, 0) is 18.2 Å². The van der Waals surface area contributed by atoms with Crippen molar-refractivity contribution >= 4 is 26.7 Å². The summed E-state index contributed by atoms with van der Waals surface area (Å²) in [7, 11) is 0. The lowest BCUT2D eigenvalue weighted by Gasteiger charge is -2.10. The Balaban J connectivity index is 2.28. The van der Waals surface area contributed by atoms with Gasteiger partial charge in [0.2, 0.25) is 0 Å². The van der Waals surface area contributed by atoms with Crippen molar-refractivity contribution in [3.8, 4) is 17.3 Å². The van der Waals surface area contributed by atoms with Crippen LogP contribution in [0.15, 0.2) is 57.8 Å². The summed E-state index contributed by atoms with van der Waals surface area (Å²) in [6.45, 7) is 0.295. The maximum atomic E-state index is 12.5. The monoisotopic (exact) mass is 353 g/mol. The molecular weight excluding hydrogens is 342 g/mol. The molecule has 0 radical (unpaired) electrons. The summed E-state index contributed by atoms with van der Waals surface area (Å²) in [5, 5.41) is 14.7.